The molecule has 0 radical (unpaired) electrons. The summed E-state index contributed by atoms with van der Waals surface area (Å²) >= 11 is 0. The van der Waals surface area contributed by atoms with Crippen molar-refractivity contribution in [3.05, 3.63) is 36.5 Å². The molecule has 0 amide bonds. The number of H-pyrrole nitrogens is 1. The molecular weight excluding hydrogens is 569 g/mol. The SMILES string of the molecule is O=S(=O)(c1cnn(S(=O)(=O)c2cn[nH]c2)c1)N1CCC(Nc2ncc(C(F)(F)F)c(O[C@H]3CCOC3)n2)CC1. The van der Waals surface area contributed by atoms with Crippen LogP contribution in [0.4, 0.5) is 19.1 Å². The summed E-state index contributed by atoms with van der Waals surface area (Å²) in [7, 11) is -8.18. The van der Waals surface area contributed by atoms with Crippen LogP contribution in [0.2, 0.25) is 0 Å². The second kappa shape index (κ2) is 10.4. The molecule has 2 fully saturated rings. The minimum atomic E-state index is -4.71. The lowest BCUT2D eigenvalue weighted by Gasteiger charge is -2.31. The molecule has 0 aromatic carbocycles. The zero-order chi connectivity index (χ0) is 27.8. The van der Waals surface area contributed by atoms with Crippen LogP contribution >= 0.6 is 0 Å². The molecule has 1 atom stereocenters. The summed E-state index contributed by atoms with van der Waals surface area (Å²) in [4.78, 5) is 7.22. The molecule has 0 aliphatic carbocycles. The number of hydrogen-bond acceptors (Lipinski definition) is 11. The molecule has 14 nitrogen and oxygen atoms in total. The van der Waals surface area contributed by atoms with Crippen LogP contribution in [0.25, 0.3) is 0 Å². The predicted molar refractivity (Wildman–Crippen MR) is 126 cm³/mol. The van der Waals surface area contributed by atoms with Gasteiger partial charge in [-0.1, -0.05) is 0 Å². The topological polar surface area (TPSA) is 174 Å². The van der Waals surface area contributed by atoms with Gasteiger partial charge >= 0.3 is 6.18 Å². The lowest BCUT2D eigenvalue weighted by atomic mass is 10.1. The first-order chi connectivity index (χ1) is 18.4. The van der Waals surface area contributed by atoms with E-state index in [0.29, 0.717) is 23.3 Å². The number of nitrogens with zero attached hydrogens (tertiary/aromatic N) is 6. The Balaban J connectivity index is 1.24. The van der Waals surface area contributed by atoms with Crippen molar-refractivity contribution in [3.63, 3.8) is 0 Å². The maximum atomic E-state index is 13.4. The highest BCUT2D eigenvalue weighted by atomic mass is 32.2. The molecule has 5 rings (SSSR count). The van der Waals surface area contributed by atoms with Gasteiger partial charge in [-0.05, 0) is 12.8 Å². The molecule has 0 bridgehead atoms. The number of piperidine rings is 1. The van der Waals surface area contributed by atoms with Gasteiger partial charge in [0.2, 0.25) is 21.9 Å². The third kappa shape index (κ3) is 5.70. The number of sulfonamides is 1. The van der Waals surface area contributed by atoms with E-state index in [1.165, 1.54) is 4.31 Å². The first-order valence-corrected chi connectivity index (χ1v) is 14.6. The Labute approximate surface area is 220 Å². The van der Waals surface area contributed by atoms with E-state index in [-0.39, 0.29) is 54.3 Å². The van der Waals surface area contributed by atoms with E-state index in [4.69, 9.17) is 9.47 Å². The molecule has 3 aromatic heterocycles. The highest BCUT2D eigenvalue weighted by Crippen LogP contribution is 2.36. The van der Waals surface area contributed by atoms with Gasteiger partial charge in [0, 0.05) is 37.9 Å². The monoisotopic (exact) mass is 592 g/mol. The molecule has 3 aromatic rings. The molecule has 0 unspecified atom stereocenters. The standard InChI is InChI=1S/C20H23F3N8O6S2/c21-20(22,23)17-10-24-19(29-18(17)37-14-3-6-36-12-14)28-13-1-4-30(5-2-13)38(32,33)16-9-27-31(11-16)39(34,35)15-7-25-26-8-15/h7-11,13-14H,1-6,12H2,(H,25,26)(H,24,28,29)/t14-/m0/s1. The third-order valence-corrected chi connectivity index (χ3v) is 9.57. The Bertz CT molecular complexity index is 1510. The van der Waals surface area contributed by atoms with Crippen LogP contribution in [0.3, 0.4) is 0 Å². The summed E-state index contributed by atoms with van der Waals surface area (Å²) in [6.07, 6.45) is 0.470. The molecular formula is C20H23F3N8O6S2. The summed E-state index contributed by atoms with van der Waals surface area (Å²) < 4.78 is 104. The van der Waals surface area contributed by atoms with Crippen molar-refractivity contribution in [1.82, 2.24) is 33.7 Å². The third-order valence-electron chi connectivity index (χ3n) is 6.20. The number of nitrogens with one attached hydrogen (secondary N) is 2. The van der Waals surface area contributed by atoms with Crippen LogP contribution in [0.5, 0.6) is 5.88 Å². The van der Waals surface area contributed by atoms with Gasteiger partial charge in [0.05, 0.1) is 31.8 Å². The lowest BCUT2D eigenvalue weighted by Crippen LogP contribution is -2.42. The molecule has 19 heteroatoms. The lowest BCUT2D eigenvalue weighted by molar-refractivity contribution is -0.139. The fourth-order valence-corrected chi connectivity index (χ4v) is 6.59. The van der Waals surface area contributed by atoms with Gasteiger partial charge in [0.15, 0.2) is 0 Å². The number of alkyl halides is 3. The van der Waals surface area contributed by atoms with Crippen LogP contribution in [0, 0.1) is 0 Å². The molecule has 5 heterocycles. The Morgan fingerprint density at radius 2 is 1.82 bits per heavy atom. The predicted octanol–water partition coefficient (Wildman–Crippen LogP) is 1.08. The molecule has 212 valence electrons. The van der Waals surface area contributed by atoms with Crippen LogP contribution in [0.15, 0.2) is 40.8 Å². The van der Waals surface area contributed by atoms with Gasteiger partial charge in [0.1, 0.15) is 21.5 Å². The second-order valence-electron chi connectivity index (χ2n) is 8.82. The van der Waals surface area contributed by atoms with Crippen molar-refractivity contribution < 1.29 is 39.5 Å². The molecule has 2 aliphatic heterocycles. The molecule has 2 N–H and O–H groups in total. The number of aromatic nitrogens is 6. The van der Waals surface area contributed by atoms with Crippen LogP contribution in [-0.2, 0) is 31.0 Å². The van der Waals surface area contributed by atoms with E-state index in [2.05, 4.69) is 30.6 Å². The maximum Gasteiger partial charge on any atom is 0.423 e. The Morgan fingerprint density at radius 3 is 2.46 bits per heavy atom. The zero-order valence-corrected chi connectivity index (χ0v) is 21.7. The van der Waals surface area contributed by atoms with Gasteiger partial charge in [-0.2, -0.15) is 45.2 Å². The average molecular weight is 593 g/mol. The first kappa shape index (κ1) is 27.3. The number of halogens is 3. The Morgan fingerprint density at radius 1 is 1.05 bits per heavy atom. The highest BCUT2D eigenvalue weighted by Gasteiger charge is 2.38. The van der Waals surface area contributed by atoms with E-state index >= 15 is 0 Å². The van der Waals surface area contributed by atoms with Gasteiger partial charge in [0.25, 0.3) is 10.0 Å². The van der Waals surface area contributed by atoms with Gasteiger partial charge in [-0.25, -0.2) is 13.4 Å². The van der Waals surface area contributed by atoms with Crippen LogP contribution in [-0.4, -0.2) is 88.9 Å². The minimum Gasteiger partial charge on any atom is -0.471 e. The smallest absolute Gasteiger partial charge is 0.423 e. The molecule has 2 saturated heterocycles. The van der Waals surface area contributed by atoms with Gasteiger partial charge < -0.3 is 14.8 Å². The molecule has 0 spiro atoms. The minimum absolute atomic E-state index is 0.0586. The Kier molecular flexibility index (Phi) is 7.25. The van der Waals surface area contributed by atoms with Gasteiger partial charge in [-0.3, -0.25) is 5.10 Å². The van der Waals surface area contributed by atoms with Crippen molar-refractivity contribution in [2.75, 3.05) is 31.6 Å². The molecule has 39 heavy (non-hydrogen) atoms. The number of anilines is 1. The van der Waals surface area contributed by atoms with Crippen molar-refractivity contribution >= 4 is 26.0 Å². The fourth-order valence-electron chi connectivity index (χ4n) is 4.10. The van der Waals surface area contributed by atoms with E-state index in [1.807, 2.05) is 0 Å². The largest absolute Gasteiger partial charge is 0.471 e. The quantitative estimate of drug-likeness (QED) is 0.383. The van der Waals surface area contributed by atoms with Gasteiger partial charge in [-0.15, -0.1) is 0 Å². The van der Waals surface area contributed by atoms with Crippen molar-refractivity contribution in [2.24, 2.45) is 0 Å². The summed E-state index contributed by atoms with van der Waals surface area (Å²) in [5.41, 5.74) is -1.10. The highest BCUT2D eigenvalue weighted by molar-refractivity contribution is 7.90. The summed E-state index contributed by atoms with van der Waals surface area (Å²) in [6, 6.07) is -0.333. The maximum absolute atomic E-state index is 13.4. The fraction of sp³-hybridized carbons (Fsp3) is 0.500. The zero-order valence-electron chi connectivity index (χ0n) is 20.1. The average Bonchev–Trinajstić information content (AvgIpc) is 3.67. The number of ether oxygens (including phenoxy) is 2. The summed E-state index contributed by atoms with van der Waals surface area (Å²) in [5, 5.41) is 12.6. The summed E-state index contributed by atoms with van der Waals surface area (Å²) in [6.45, 7) is 0.655. The first-order valence-electron chi connectivity index (χ1n) is 11.7. The second-order valence-corrected chi connectivity index (χ2v) is 12.6. The molecule has 0 saturated carbocycles. The van der Waals surface area contributed by atoms with Crippen LogP contribution in [0.1, 0.15) is 24.8 Å². The number of rotatable bonds is 8. The van der Waals surface area contributed by atoms with Crippen molar-refractivity contribution in [3.8, 4) is 5.88 Å². The van der Waals surface area contributed by atoms with Crippen molar-refractivity contribution in [1.29, 1.82) is 0 Å². The van der Waals surface area contributed by atoms with E-state index in [9.17, 15) is 30.0 Å². The van der Waals surface area contributed by atoms with Crippen molar-refractivity contribution in [2.45, 2.75) is 47.4 Å². The van der Waals surface area contributed by atoms with Crippen LogP contribution < -0.4 is 10.1 Å². The number of aromatic amines is 1. The molecule has 2 aliphatic rings. The van der Waals surface area contributed by atoms with E-state index < -0.39 is 43.8 Å². The van der Waals surface area contributed by atoms with E-state index in [1.54, 1.807) is 0 Å². The Hall–Kier alpha value is -3.29. The normalized spacial score (nSPS) is 19.8. The summed E-state index contributed by atoms with van der Waals surface area (Å²) in [5.74, 6) is -0.679. The number of hydrogen-bond donors (Lipinski definition) is 2. The van der Waals surface area contributed by atoms with E-state index in [0.717, 1.165) is 24.8 Å².